The average molecular weight is 611 g/mol. The van der Waals surface area contributed by atoms with Crippen LogP contribution >= 0.6 is 11.3 Å². The number of likely N-dealkylation sites (tertiary alicyclic amines) is 1. The van der Waals surface area contributed by atoms with Crippen LogP contribution in [0.25, 0.3) is 11.0 Å². The normalized spacial score (nSPS) is 17.0. The summed E-state index contributed by atoms with van der Waals surface area (Å²) in [5.74, 6) is -0.570. The summed E-state index contributed by atoms with van der Waals surface area (Å²) in [6.07, 6.45) is -0.377. The van der Waals surface area contributed by atoms with Crippen molar-refractivity contribution in [3.63, 3.8) is 0 Å². The fraction of sp³-hybridized carbons (Fsp3) is 0.500. The highest BCUT2D eigenvalue weighted by Crippen LogP contribution is 2.33. The van der Waals surface area contributed by atoms with E-state index < -0.39 is 12.3 Å². The zero-order chi connectivity index (χ0) is 31.7. The number of hydrogen-bond acceptors (Lipinski definition) is 6. The van der Waals surface area contributed by atoms with Crippen molar-refractivity contribution in [2.75, 3.05) is 18.4 Å². The molecule has 2 amide bonds. The second kappa shape index (κ2) is 12.5. The van der Waals surface area contributed by atoms with Crippen LogP contribution in [0.5, 0.6) is 0 Å². The Morgan fingerprint density at radius 1 is 1.19 bits per heavy atom. The van der Waals surface area contributed by atoms with Crippen molar-refractivity contribution in [2.45, 2.75) is 79.9 Å². The number of aromatic nitrogens is 2. The van der Waals surface area contributed by atoms with Gasteiger partial charge < -0.3 is 14.8 Å². The lowest BCUT2D eigenvalue weighted by Gasteiger charge is -2.28. The Kier molecular flexibility index (Phi) is 9.42. The molecule has 0 saturated carbocycles. The molecule has 1 fully saturated rings. The molecule has 3 aromatic rings. The van der Waals surface area contributed by atoms with Gasteiger partial charge in [0.15, 0.2) is 0 Å². The quantitative estimate of drug-likeness (QED) is 0.210. The molecule has 0 aliphatic carbocycles. The number of nitrogens with zero attached hydrogens (tertiary/aromatic N) is 4. The Bertz CT molecular complexity index is 1570. The minimum Gasteiger partial charge on any atom is -0.336 e. The first kappa shape index (κ1) is 32.3. The fourth-order valence-corrected chi connectivity index (χ4v) is 5.69. The SMILES string of the molecule is C[C@H](NCc1ccc2c(c1)nc(NC(=O)c1ccc(C(F)F)s1)n2[C@@H]1CCN(C(=O)C(C#N)=CC(C)(C)C)C1)C(C)(C)C. The summed E-state index contributed by atoms with van der Waals surface area (Å²) in [7, 11) is 0. The number of imidazole rings is 1. The van der Waals surface area contributed by atoms with E-state index in [4.69, 9.17) is 4.98 Å². The molecule has 1 saturated heterocycles. The van der Waals surface area contributed by atoms with Crippen molar-refractivity contribution < 1.29 is 18.4 Å². The highest BCUT2D eigenvalue weighted by Gasteiger charge is 2.33. The fourth-order valence-electron chi connectivity index (χ4n) is 4.93. The monoisotopic (exact) mass is 610 g/mol. The van der Waals surface area contributed by atoms with E-state index in [0.717, 1.165) is 22.4 Å². The summed E-state index contributed by atoms with van der Waals surface area (Å²) >= 11 is 0.744. The van der Waals surface area contributed by atoms with Crippen molar-refractivity contribution >= 4 is 40.1 Å². The van der Waals surface area contributed by atoms with Gasteiger partial charge in [0.2, 0.25) is 5.95 Å². The van der Waals surface area contributed by atoms with Gasteiger partial charge in [-0.25, -0.2) is 13.8 Å². The molecule has 0 spiro atoms. The number of thiophene rings is 1. The smallest absolute Gasteiger partial charge is 0.272 e. The number of nitriles is 1. The van der Waals surface area contributed by atoms with Crippen molar-refractivity contribution in [1.82, 2.24) is 19.8 Å². The summed E-state index contributed by atoms with van der Waals surface area (Å²) in [6, 6.07) is 10.7. The number of amides is 2. The summed E-state index contributed by atoms with van der Waals surface area (Å²) < 4.78 is 28.3. The van der Waals surface area contributed by atoms with Crippen LogP contribution < -0.4 is 10.6 Å². The molecule has 43 heavy (non-hydrogen) atoms. The van der Waals surface area contributed by atoms with E-state index in [1.54, 1.807) is 11.0 Å². The Hall–Kier alpha value is -3.62. The average Bonchev–Trinajstić information content (AvgIpc) is 3.67. The standard InChI is InChI=1S/C32H40F2N6O2S/c1-19(32(5,6)7)36-17-20-8-9-24-23(14-20)37-30(38-28(41)26-11-10-25(43-26)27(33)34)40(24)22-12-13-39(18-22)29(42)21(16-35)15-31(2,3)4/h8-11,14-15,19,22,27,36H,12-13,17-18H2,1-7H3,(H,37,38,41)/t19-,22+/m0/s1. The maximum Gasteiger partial charge on any atom is 0.272 e. The highest BCUT2D eigenvalue weighted by atomic mass is 32.1. The van der Waals surface area contributed by atoms with Crippen molar-refractivity contribution in [3.8, 4) is 6.07 Å². The highest BCUT2D eigenvalue weighted by molar-refractivity contribution is 7.14. The Morgan fingerprint density at radius 2 is 1.91 bits per heavy atom. The zero-order valence-corrected chi connectivity index (χ0v) is 26.6. The van der Waals surface area contributed by atoms with Gasteiger partial charge in [-0.05, 0) is 54.0 Å². The van der Waals surface area contributed by atoms with Crippen LogP contribution in [0.15, 0.2) is 42.0 Å². The topological polar surface area (TPSA) is 103 Å². The molecule has 0 radical (unpaired) electrons. The number of anilines is 1. The van der Waals surface area contributed by atoms with Gasteiger partial charge >= 0.3 is 0 Å². The molecule has 11 heteroatoms. The third-order valence-electron chi connectivity index (χ3n) is 7.70. The van der Waals surface area contributed by atoms with Crippen LogP contribution in [0.2, 0.25) is 0 Å². The van der Waals surface area contributed by atoms with Crippen LogP contribution in [0.4, 0.5) is 14.7 Å². The van der Waals surface area contributed by atoms with Crippen LogP contribution in [0.1, 0.15) is 87.5 Å². The molecule has 2 aromatic heterocycles. The van der Waals surface area contributed by atoms with Gasteiger partial charge in [-0.1, -0.05) is 53.7 Å². The number of hydrogen-bond donors (Lipinski definition) is 2. The molecule has 8 nitrogen and oxygen atoms in total. The van der Waals surface area contributed by atoms with Crippen LogP contribution in [0, 0.1) is 22.2 Å². The number of halogens is 2. The molecule has 3 heterocycles. The van der Waals surface area contributed by atoms with Crippen molar-refractivity contribution in [3.05, 3.63) is 57.3 Å². The number of alkyl halides is 2. The molecule has 1 aliphatic heterocycles. The third-order valence-corrected chi connectivity index (χ3v) is 8.79. The Morgan fingerprint density at radius 3 is 2.51 bits per heavy atom. The van der Waals surface area contributed by atoms with Gasteiger partial charge in [-0.15, -0.1) is 11.3 Å². The second-order valence-electron chi connectivity index (χ2n) is 13.3. The molecule has 2 atom stereocenters. The lowest BCUT2D eigenvalue weighted by Crippen LogP contribution is -2.37. The number of rotatable bonds is 8. The van der Waals surface area contributed by atoms with Gasteiger partial charge in [-0.2, -0.15) is 5.26 Å². The summed E-state index contributed by atoms with van der Waals surface area (Å²) in [4.78, 5) is 32.8. The number of benzene rings is 1. The van der Waals surface area contributed by atoms with Crippen LogP contribution in [-0.2, 0) is 11.3 Å². The summed E-state index contributed by atoms with van der Waals surface area (Å²) in [5, 5.41) is 16.1. The van der Waals surface area contributed by atoms with Gasteiger partial charge in [0, 0.05) is 25.7 Å². The molecule has 1 aliphatic rings. The minimum absolute atomic E-state index is 0.0916. The van der Waals surface area contributed by atoms with Gasteiger partial charge in [0.05, 0.1) is 26.8 Å². The third kappa shape index (κ3) is 7.67. The first-order valence-corrected chi connectivity index (χ1v) is 15.2. The van der Waals surface area contributed by atoms with E-state index in [1.165, 1.54) is 12.1 Å². The Labute approximate surface area is 255 Å². The molecular formula is C32H40F2N6O2S. The maximum absolute atomic E-state index is 13.3. The van der Waals surface area contributed by atoms with E-state index in [2.05, 4.69) is 44.4 Å². The van der Waals surface area contributed by atoms with E-state index in [9.17, 15) is 23.6 Å². The predicted molar refractivity (Wildman–Crippen MR) is 166 cm³/mol. The molecule has 230 valence electrons. The largest absolute Gasteiger partial charge is 0.336 e. The van der Waals surface area contributed by atoms with Gasteiger partial charge in [0.1, 0.15) is 11.6 Å². The van der Waals surface area contributed by atoms with E-state index in [1.807, 2.05) is 43.5 Å². The van der Waals surface area contributed by atoms with Crippen LogP contribution in [0.3, 0.4) is 0 Å². The second-order valence-corrected chi connectivity index (χ2v) is 14.4. The molecule has 0 bridgehead atoms. The van der Waals surface area contributed by atoms with E-state index in [-0.39, 0.29) is 50.1 Å². The maximum atomic E-state index is 13.3. The van der Waals surface area contributed by atoms with Gasteiger partial charge in [-0.3, -0.25) is 14.9 Å². The molecule has 2 N–H and O–H groups in total. The summed E-state index contributed by atoms with van der Waals surface area (Å²) in [6.45, 7) is 15.9. The number of nitrogens with one attached hydrogen (secondary N) is 2. The van der Waals surface area contributed by atoms with E-state index in [0.29, 0.717) is 31.6 Å². The molecule has 1 aromatic carbocycles. The first-order chi connectivity index (χ1) is 20.1. The Balaban J connectivity index is 1.66. The minimum atomic E-state index is -2.66. The number of fused-ring (bicyclic) bond motifs is 1. The lowest BCUT2D eigenvalue weighted by atomic mass is 9.88. The predicted octanol–water partition coefficient (Wildman–Crippen LogP) is 7.08. The summed E-state index contributed by atoms with van der Waals surface area (Å²) in [5.41, 5.74) is 2.35. The zero-order valence-electron chi connectivity index (χ0n) is 25.8. The van der Waals surface area contributed by atoms with E-state index >= 15 is 0 Å². The van der Waals surface area contributed by atoms with Crippen molar-refractivity contribution in [1.29, 1.82) is 5.26 Å². The first-order valence-electron chi connectivity index (χ1n) is 14.4. The lowest BCUT2D eigenvalue weighted by molar-refractivity contribution is -0.125. The molecular weight excluding hydrogens is 570 g/mol. The van der Waals surface area contributed by atoms with Crippen molar-refractivity contribution in [2.24, 2.45) is 10.8 Å². The molecule has 4 rings (SSSR count). The number of carbonyl (C=O) groups is 2. The van der Waals surface area contributed by atoms with Crippen LogP contribution in [-0.4, -0.2) is 45.4 Å². The molecule has 0 unspecified atom stereocenters. The number of allylic oxidation sites excluding steroid dienone is 1. The van der Waals surface area contributed by atoms with Gasteiger partial charge in [0.25, 0.3) is 18.2 Å². The number of carbonyl (C=O) groups excluding carboxylic acids is 2.